The molecule has 0 aromatic heterocycles. The van der Waals surface area contributed by atoms with Crippen LogP contribution in [0.1, 0.15) is 11.1 Å². The molecule has 0 aliphatic rings. The highest BCUT2D eigenvalue weighted by molar-refractivity contribution is 9.15. The van der Waals surface area contributed by atoms with Crippen molar-refractivity contribution in [1.29, 1.82) is 0 Å². The predicted octanol–water partition coefficient (Wildman–Crippen LogP) is 5.23. The molecule has 0 saturated heterocycles. The van der Waals surface area contributed by atoms with Gasteiger partial charge in [-0.25, -0.2) is 0 Å². The monoisotopic (exact) mass is 292 g/mol. The lowest BCUT2D eigenvalue weighted by Crippen LogP contribution is -1.76. The van der Waals surface area contributed by atoms with Crippen LogP contribution >= 0.6 is 27.5 Å². The molecule has 0 fully saturated rings. The quantitative estimate of drug-likeness (QED) is 0.665. The zero-order valence-corrected chi connectivity index (χ0v) is 10.9. The van der Waals surface area contributed by atoms with Crippen molar-refractivity contribution >= 4 is 38.1 Å². The van der Waals surface area contributed by atoms with Crippen LogP contribution in [0.25, 0.3) is 10.6 Å². The Morgan fingerprint density at radius 2 is 1.56 bits per heavy atom. The van der Waals surface area contributed by atoms with Gasteiger partial charge in [0.1, 0.15) is 0 Å². The van der Waals surface area contributed by atoms with Gasteiger partial charge in [-0.15, -0.1) is 0 Å². The average molecular weight is 294 g/mol. The first-order valence-corrected chi connectivity index (χ1v) is 6.11. The lowest BCUT2D eigenvalue weighted by Gasteiger charge is -2.00. The first-order valence-electron chi connectivity index (χ1n) is 4.94. The molecule has 0 nitrogen and oxygen atoms in total. The minimum Gasteiger partial charge on any atom is -0.0843 e. The van der Waals surface area contributed by atoms with Crippen molar-refractivity contribution in [1.82, 2.24) is 0 Å². The second-order valence-corrected chi connectivity index (χ2v) is 4.70. The van der Waals surface area contributed by atoms with E-state index < -0.39 is 0 Å². The van der Waals surface area contributed by atoms with E-state index >= 15 is 0 Å². The molecule has 0 N–H and O–H groups in total. The van der Waals surface area contributed by atoms with Gasteiger partial charge in [-0.05, 0) is 29.3 Å². The van der Waals surface area contributed by atoms with Crippen LogP contribution in [0, 0.1) is 0 Å². The molecule has 0 saturated carbocycles. The summed E-state index contributed by atoms with van der Waals surface area (Å²) in [5.41, 5.74) is 2.29. The Kier molecular flexibility index (Phi) is 3.81. The van der Waals surface area contributed by atoms with Crippen LogP contribution in [0.15, 0.2) is 54.6 Å². The van der Waals surface area contributed by atoms with Crippen LogP contribution in [-0.2, 0) is 0 Å². The van der Waals surface area contributed by atoms with Crippen molar-refractivity contribution < 1.29 is 0 Å². The maximum absolute atomic E-state index is 5.84. The first-order chi connectivity index (χ1) is 7.75. The lowest BCUT2D eigenvalue weighted by atomic mass is 10.1. The van der Waals surface area contributed by atoms with Crippen LogP contribution in [0.4, 0.5) is 0 Å². The van der Waals surface area contributed by atoms with Gasteiger partial charge in [0, 0.05) is 9.51 Å². The fourth-order valence-corrected chi connectivity index (χ4v) is 2.04. The predicted molar refractivity (Wildman–Crippen MR) is 74.7 cm³/mol. The van der Waals surface area contributed by atoms with Crippen molar-refractivity contribution in [2.75, 3.05) is 0 Å². The van der Waals surface area contributed by atoms with Crippen LogP contribution in [0.2, 0.25) is 5.02 Å². The summed E-state index contributed by atoms with van der Waals surface area (Å²) in [5.74, 6) is 0. The summed E-state index contributed by atoms with van der Waals surface area (Å²) in [4.78, 5) is 0. The summed E-state index contributed by atoms with van der Waals surface area (Å²) >= 11 is 9.41. The fourth-order valence-electron chi connectivity index (χ4n) is 1.39. The summed E-state index contributed by atoms with van der Waals surface area (Å²) < 4.78 is 1.05. The van der Waals surface area contributed by atoms with Gasteiger partial charge in [0.05, 0.1) is 0 Å². The second-order valence-electron chi connectivity index (χ2n) is 3.41. The first kappa shape index (κ1) is 11.4. The normalized spacial score (nSPS) is 11.5. The summed E-state index contributed by atoms with van der Waals surface area (Å²) in [5, 5.41) is 0.753. The smallest absolute Gasteiger partial charge is 0.0406 e. The van der Waals surface area contributed by atoms with Gasteiger partial charge in [0.2, 0.25) is 0 Å². The fraction of sp³-hybridized carbons (Fsp3) is 0. The van der Waals surface area contributed by atoms with E-state index in [9.17, 15) is 0 Å². The zero-order chi connectivity index (χ0) is 11.4. The van der Waals surface area contributed by atoms with Crippen LogP contribution in [0.5, 0.6) is 0 Å². The summed E-state index contributed by atoms with van der Waals surface area (Å²) in [6.07, 6.45) is 2.09. The molecule has 0 unspecified atom stereocenters. The number of benzene rings is 2. The molecule has 0 atom stereocenters. The van der Waals surface area contributed by atoms with E-state index in [1.807, 2.05) is 42.5 Å². The van der Waals surface area contributed by atoms with Crippen molar-refractivity contribution in [2.24, 2.45) is 0 Å². The summed E-state index contributed by atoms with van der Waals surface area (Å²) in [7, 11) is 0. The Balaban J connectivity index is 2.28. The van der Waals surface area contributed by atoms with E-state index in [0.29, 0.717) is 0 Å². The molecule has 2 aromatic carbocycles. The topological polar surface area (TPSA) is 0 Å². The van der Waals surface area contributed by atoms with E-state index in [2.05, 4.69) is 34.1 Å². The minimum atomic E-state index is 0.753. The third-order valence-electron chi connectivity index (χ3n) is 2.21. The molecule has 0 aliphatic heterocycles. The number of hydrogen-bond donors (Lipinski definition) is 0. The molecule has 2 rings (SSSR count). The van der Waals surface area contributed by atoms with Crippen LogP contribution < -0.4 is 0 Å². The maximum Gasteiger partial charge on any atom is 0.0406 e. The van der Waals surface area contributed by atoms with E-state index in [1.165, 1.54) is 5.56 Å². The lowest BCUT2D eigenvalue weighted by molar-refractivity contribution is 1.64. The van der Waals surface area contributed by atoms with Gasteiger partial charge < -0.3 is 0 Å². The molecule has 0 spiro atoms. The Morgan fingerprint density at radius 1 is 0.938 bits per heavy atom. The van der Waals surface area contributed by atoms with Gasteiger partial charge >= 0.3 is 0 Å². The van der Waals surface area contributed by atoms with E-state index in [1.54, 1.807) is 0 Å². The second kappa shape index (κ2) is 5.33. The molecular weight excluding hydrogens is 284 g/mol. The van der Waals surface area contributed by atoms with E-state index in [0.717, 1.165) is 15.1 Å². The zero-order valence-electron chi connectivity index (χ0n) is 8.53. The molecule has 80 valence electrons. The average Bonchev–Trinajstić information content (AvgIpc) is 2.31. The minimum absolute atomic E-state index is 0.753. The molecule has 0 heterocycles. The third kappa shape index (κ3) is 2.97. The Labute approximate surface area is 109 Å². The molecule has 0 radical (unpaired) electrons. The number of hydrogen-bond acceptors (Lipinski definition) is 0. The molecule has 2 heteroatoms. The highest BCUT2D eigenvalue weighted by Crippen LogP contribution is 2.25. The third-order valence-corrected chi connectivity index (χ3v) is 3.15. The van der Waals surface area contributed by atoms with E-state index in [-0.39, 0.29) is 0 Å². The van der Waals surface area contributed by atoms with Crippen molar-refractivity contribution in [3.05, 3.63) is 70.7 Å². The van der Waals surface area contributed by atoms with Gasteiger partial charge in [0.15, 0.2) is 0 Å². The van der Waals surface area contributed by atoms with Crippen LogP contribution in [0.3, 0.4) is 0 Å². The molecule has 0 aliphatic carbocycles. The highest BCUT2D eigenvalue weighted by Gasteiger charge is 1.97. The molecule has 16 heavy (non-hydrogen) atoms. The Bertz CT molecular complexity index is 486. The highest BCUT2D eigenvalue weighted by atomic mass is 79.9. The van der Waals surface area contributed by atoms with Crippen molar-refractivity contribution in [3.63, 3.8) is 0 Å². The molecule has 2 aromatic rings. The largest absolute Gasteiger partial charge is 0.0843 e. The van der Waals surface area contributed by atoms with Crippen molar-refractivity contribution in [2.45, 2.75) is 0 Å². The summed E-state index contributed by atoms with van der Waals surface area (Å²) in [6.45, 7) is 0. The maximum atomic E-state index is 5.84. The van der Waals surface area contributed by atoms with Crippen molar-refractivity contribution in [3.8, 4) is 0 Å². The van der Waals surface area contributed by atoms with Gasteiger partial charge in [-0.2, -0.15) is 0 Å². The number of halogens is 2. The SMILES string of the molecule is Clc1ccc(/C(Br)=C/c2ccccc2)cc1. The Hall–Kier alpha value is -1.05. The van der Waals surface area contributed by atoms with Gasteiger partial charge in [-0.1, -0.05) is 70.0 Å². The Morgan fingerprint density at radius 3 is 2.19 bits per heavy atom. The standard InChI is InChI=1S/C14H10BrCl/c15-14(10-11-4-2-1-3-5-11)12-6-8-13(16)9-7-12/h1-10H/b14-10-. The van der Waals surface area contributed by atoms with Gasteiger partial charge in [-0.3, -0.25) is 0 Å². The van der Waals surface area contributed by atoms with E-state index in [4.69, 9.17) is 11.6 Å². The number of rotatable bonds is 2. The summed E-state index contributed by atoms with van der Waals surface area (Å²) in [6, 6.07) is 17.9. The molecular formula is C14H10BrCl. The molecule has 0 amide bonds. The van der Waals surface area contributed by atoms with Gasteiger partial charge in [0.25, 0.3) is 0 Å². The molecule has 0 bridgehead atoms. The van der Waals surface area contributed by atoms with Crippen LogP contribution in [-0.4, -0.2) is 0 Å².